The topological polar surface area (TPSA) is 127 Å². The molecule has 1 amide bonds. The molecule has 0 unspecified atom stereocenters. The van der Waals surface area contributed by atoms with E-state index in [4.69, 9.17) is 14.0 Å². The van der Waals surface area contributed by atoms with Crippen LogP contribution in [0.1, 0.15) is 83.2 Å². The molecule has 0 spiro atoms. The number of anilines is 1. The quantitative estimate of drug-likeness (QED) is 0.382. The van der Waals surface area contributed by atoms with Gasteiger partial charge in [0.1, 0.15) is 17.4 Å². The number of carbonyl (C=O) groups excluding carboxylic acids is 1. The zero-order valence-corrected chi connectivity index (χ0v) is 23.5. The number of benzene rings is 1. The molecule has 2 N–H and O–H groups in total. The maximum atomic E-state index is 12.0. The van der Waals surface area contributed by atoms with Crippen molar-refractivity contribution in [1.29, 1.82) is 0 Å². The van der Waals surface area contributed by atoms with E-state index in [1.807, 2.05) is 25.1 Å². The van der Waals surface area contributed by atoms with E-state index in [0.29, 0.717) is 18.5 Å². The minimum atomic E-state index is -1.11. The molecule has 1 fully saturated rings. The molecule has 0 aliphatic carbocycles. The van der Waals surface area contributed by atoms with Gasteiger partial charge in [0.05, 0.1) is 6.61 Å². The van der Waals surface area contributed by atoms with Crippen LogP contribution in [0.5, 0.6) is 5.75 Å². The van der Waals surface area contributed by atoms with Crippen molar-refractivity contribution in [2.75, 3.05) is 24.6 Å². The van der Waals surface area contributed by atoms with Gasteiger partial charge in [0, 0.05) is 25.4 Å². The third-order valence-electron chi connectivity index (χ3n) is 6.59. The number of rotatable bonds is 11. The molecular weight excluding hydrogens is 488 g/mol. The van der Waals surface area contributed by atoms with Crippen LogP contribution in [0.15, 0.2) is 22.7 Å². The molecular formula is C28H42N4O6. The number of carbonyl (C=O) groups is 2. The summed E-state index contributed by atoms with van der Waals surface area (Å²) in [5.74, 6) is 1.30. The van der Waals surface area contributed by atoms with E-state index in [0.717, 1.165) is 61.5 Å². The summed E-state index contributed by atoms with van der Waals surface area (Å²) >= 11 is 0. The maximum absolute atomic E-state index is 12.0. The molecule has 0 bridgehead atoms. The monoisotopic (exact) mass is 530 g/mol. The number of aliphatic carboxylic acids is 1. The molecule has 2 heterocycles. The predicted molar refractivity (Wildman–Crippen MR) is 144 cm³/mol. The van der Waals surface area contributed by atoms with Gasteiger partial charge in [0.2, 0.25) is 0 Å². The van der Waals surface area contributed by atoms with Crippen LogP contribution >= 0.6 is 0 Å². The van der Waals surface area contributed by atoms with Gasteiger partial charge < -0.3 is 29.3 Å². The van der Waals surface area contributed by atoms with Crippen LogP contribution in [-0.4, -0.2) is 58.6 Å². The summed E-state index contributed by atoms with van der Waals surface area (Å²) in [5, 5.41) is 16.1. The van der Waals surface area contributed by atoms with Crippen LogP contribution in [0.2, 0.25) is 0 Å². The zero-order valence-electron chi connectivity index (χ0n) is 23.5. The number of hydrogen-bond acceptors (Lipinski definition) is 8. The minimum Gasteiger partial charge on any atom is -0.494 e. The Morgan fingerprint density at radius 2 is 1.95 bits per heavy atom. The van der Waals surface area contributed by atoms with E-state index in [2.05, 4.69) is 34.2 Å². The summed E-state index contributed by atoms with van der Waals surface area (Å²) in [4.78, 5) is 30.4. The average molecular weight is 531 g/mol. The van der Waals surface area contributed by atoms with E-state index >= 15 is 0 Å². The average Bonchev–Trinajstić information content (AvgIpc) is 3.33. The first-order chi connectivity index (χ1) is 17.9. The number of aryl methyl sites for hydroxylation is 1. The Bertz CT molecular complexity index is 1070. The van der Waals surface area contributed by atoms with Gasteiger partial charge in [-0.3, -0.25) is 0 Å². The fraction of sp³-hybridized carbons (Fsp3) is 0.643. The number of alkyl carbamates (subject to hydrolysis) is 1. The molecule has 0 saturated carbocycles. The fourth-order valence-electron chi connectivity index (χ4n) is 4.42. The van der Waals surface area contributed by atoms with Crippen molar-refractivity contribution in [3.05, 3.63) is 35.2 Å². The van der Waals surface area contributed by atoms with Gasteiger partial charge in [-0.05, 0) is 82.6 Å². The highest BCUT2D eigenvalue weighted by Gasteiger charge is 2.25. The highest BCUT2D eigenvalue weighted by molar-refractivity contribution is 5.80. The molecule has 1 atom stereocenters. The second kappa shape index (κ2) is 13.0. The summed E-state index contributed by atoms with van der Waals surface area (Å²) in [6.45, 7) is 13.7. The summed E-state index contributed by atoms with van der Waals surface area (Å²) in [6, 6.07) is 5.16. The largest absolute Gasteiger partial charge is 0.494 e. The molecule has 1 aliphatic heterocycles. The Morgan fingerprint density at radius 3 is 2.53 bits per heavy atom. The summed E-state index contributed by atoms with van der Waals surface area (Å²) in [5.41, 5.74) is 1.04. The molecule has 210 valence electrons. The third kappa shape index (κ3) is 8.92. The highest BCUT2D eigenvalue weighted by Crippen LogP contribution is 2.26. The molecule has 2 aromatic rings. The third-order valence-corrected chi connectivity index (χ3v) is 6.59. The molecule has 38 heavy (non-hydrogen) atoms. The van der Waals surface area contributed by atoms with E-state index in [9.17, 15) is 14.7 Å². The Kier molecular flexibility index (Phi) is 9.99. The van der Waals surface area contributed by atoms with Crippen molar-refractivity contribution in [2.45, 2.75) is 91.2 Å². The van der Waals surface area contributed by atoms with E-state index in [1.54, 1.807) is 20.8 Å². The number of carboxylic acids is 1. The first kappa shape index (κ1) is 29.3. The predicted octanol–water partition coefficient (Wildman–Crippen LogP) is 5.10. The van der Waals surface area contributed by atoms with Crippen LogP contribution in [-0.2, 0) is 16.0 Å². The van der Waals surface area contributed by atoms with Gasteiger partial charge in [-0.15, -0.1) is 0 Å². The van der Waals surface area contributed by atoms with Crippen molar-refractivity contribution >= 4 is 18.1 Å². The number of amides is 1. The lowest BCUT2D eigenvalue weighted by Gasteiger charge is -2.30. The number of nitrogens with one attached hydrogen (secondary N) is 1. The second-order valence-electron chi connectivity index (χ2n) is 11.3. The number of piperidine rings is 1. The van der Waals surface area contributed by atoms with Gasteiger partial charge >= 0.3 is 18.1 Å². The minimum absolute atomic E-state index is 0.155. The lowest BCUT2D eigenvalue weighted by atomic mass is 9.92. The first-order valence-corrected chi connectivity index (χ1v) is 13.4. The Hall–Kier alpha value is -3.30. The highest BCUT2D eigenvalue weighted by atomic mass is 16.6. The number of carboxylic acid groups (broad SMARTS) is 1. The molecule has 1 aliphatic rings. The van der Waals surface area contributed by atoms with Crippen molar-refractivity contribution in [2.24, 2.45) is 5.92 Å². The van der Waals surface area contributed by atoms with Crippen LogP contribution in [0.25, 0.3) is 0 Å². The van der Waals surface area contributed by atoms with Gasteiger partial charge in [-0.2, -0.15) is 4.98 Å². The molecule has 10 nitrogen and oxygen atoms in total. The van der Waals surface area contributed by atoms with Crippen molar-refractivity contribution in [3.63, 3.8) is 0 Å². The van der Waals surface area contributed by atoms with Gasteiger partial charge in [0.25, 0.3) is 0 Å². The maximum Gasteiger partial charge on any atom is 0.408 e. The smallest absolute Gasteiger partial charge is 0.408 e. The van der Waals surface area contributed by atoms with Crippen molar-refractivity contribution in [3.8, 4) is 5.75 Å². The zero-order chi connectivity index (χ0) is 27.9. The number of ether oxygens (including phenoxy) is 2. The van der Waals surface area contributed by atoms with E-state index in [1.165, 1.54) is 0 Å². The Morgan fingerprint density at radius 1 is 1.24 bits per heavy atom. The fourth-order valence-corrected chi connectivity index (χ4v) is 4.42. The first-order valence-electron chi connectivity index (χ1n) is 13.4. The number of nitrogens with zero attached hydrogens (tertiary/aromatic N) is 3. The van der Waals surface area contributed by atoms with Crippen molar-refractivity contribution in [1.82, 2.24) is 15.5 Å². The molecule has 1 aromatic heterocycles. The number of aromatic nitrogens is 2. The molecule has 1 aromatic carbocycles. The molecule has 3 rings (SSSR count). The van der Waals surface area contributed by atoms with Crippen LogP contribution in [0.3, 0.4) is 0 Å². The van der Waals surface area contributed by atoms with Crippen molar-refractivity contribution < 1.29 is 28.7 Å². The molecule has 10 heteroatoms. The molecule has 0 radical (unpaired) electrons. The SMILES string of the molecule is Cc1cc(OCCCC2CCN(c3nc(C(C)C)no3)CC2)ccc1C[C@H](NC(=O)OC(C)(C)C)C(=O)O. The standard InChI is InChI=1S/C28H42N4O6/c1-18(2)24-30-26(38-31-24)32-13-11-20(12-14-32)8-7-15-36-22-10-9-21(19(3)16-22)17-23(25(33)34)29-27(35)37-28(4,5)6/h9-10,16,18,20,23H,7-8,11-15,17H2,1-6H3,(H,29,35)(H,33,34)/t23-/m0/s1. The van der Waals surface area contributed by atoms with Crippen LogP contribution in [0.4, 0.5) is 10.8 Å². The Balaban J connectivity index is 1.40. The normalized spacial score (nSPS) is 15.4. The second-order valence-corrected chi connectivity index (χ2v) is 11.3. The van der Waals surface area contributed by atoms with Gasteiger partial charge in [-0.25, -0.2) is 9.59 Å². The van der Waals surface area contributed by atoms with Gasteiger partial charge in [0.15, 0.2) is 5.82 Å². The molecule has 1 saturated heterocycles. The number of hydrogen-bond donors (Lipinski definition) is 2. The van der Waals surface area contributed by atoms with Gasteiger partial charge in [-0.1, -0.05) is 25.1 Å². The summed E-state index contributed by atoms with van der Waals surface area (Å²) in [7, 11) is 0. The lowest BCUT2D eigenvalue weighted by molar-refractivity contribution is -0.139. The van der Waals surface area contributed by atoms with Crippen LogP contribution < -0.4 is 15.0 Å². The lowest BCUT2D eigenvalue weighted by Crippen LogP contribution is -2.44. The van der Waals surface area contributed by atoms with E-state index < -0.39 is 23.7 Å². The summed E-state index contributed by atoms with van der Waals surface area (Å²) in [6.07, 6.45) is 3.65. The summed E-state index contributed by atoms with van der Waals surface area (Å²) < 4.78 is 16.6. The Labute approximate surface area is 225 Å². The van der Waals surface area contributed by atoms with E-state index in [-0.39, 0.29) is 12.3 Å². The van der Waals surface area contributed by atoms with Crippen LogP contribution in [0, 0.1) is 12.8 Å².